The summed E-state index contributed by atoms with van der Waals surface area (Å²) in [7, 11) is 1.65. The number of amides is 1. The molecule has 0 heterocycles. The number of carbonyl (C=O) groups is 1. The van der Waals surface area contributed by atoms with E-state index in [9.17, 15) is 4.79 Å². The predicted molar refractivity (Wildman–Crippen MR) is 119 cm³/mol. The van der Waals surface area contributed by atoms with Gasteiger partial charge in [0.15, 0.2) is 0 Å². The van der Waals surface area contributed by atoms with Crippen LogP contribution < -0.4 is 10.1 Å². The van der Waals surface area contributed by atoms with Gasteiger partial charge in [-0.05, 0) is 57.9 Å². The first-order valence-electron chi connectivity index (χ1n) is 9.58. The third kappa shape index (κ3) is 2.97. The maximum Gasteiger partial charge on any atom is 0.251 e. The van der Waals surface area contributed by atoms with Crippen LogP contribution in [0.25, 0.3) is 32.3 Å². The maximum absolute atomic E-state index is 12.3. The molecule has 3 nitrogen and oxygen atoms in total. The van der Waals surface area contributed by atoms with E-state index in [4.69, 9.17) is 4.74 Å². The fourth-order valence-corrected chi connectivity index (χ4v) is 3.85. The number of benzene rings is 5. The van der Waals surface area contributed by atoms with E-state index >= 15 is 0 Å². The first-order chi connectivity index (χ1) is 14.2. The molecule has 0 aliphatic carbocycles. The summed E-state index contributed by atoms with van der Waals surface area (Å²) < 4.78 is 6.37. The predicted octanol–water partition coefficient (Wildman–Crippen LogP) is 6.30. The number of carbonyl (C=O) groups excluding carboxylic acids is 1. The summed E-state index contributed by atoms with van der Waals surface area (Å²) in [4.78, 5) is 12.3. The number of nitrogens with one attached hydrogen (secondary N) is 1. The van der Waals surface area contributed by atoms with Crippen molar-refractivity contribution in [3.8, 4) is 11.5 Å². The van der Waals surface area contributed by atoms with Crippen LogP contribution in [-0.2, 0) is 0 Å². The number of para-hydroxylation sites is 1. The molecule has 5 aromatic carbocycles. The molecule has 0 fully saturated rings. The molecular weight excluding hydrogens is 358 g/mol. The third-order valence-electron chi connectivity index (χ3n) is 5.25. The van der Waals surface area contributed by atoms with Gasteiger partial charge in [-0.25, -0.2) is 0 Å². The summed E-state index contributed by atoms with van der Waals surface area (Å²) in [5, 5.41) is 8.89. The fraction of sp³-hybridized carbons (Fsp3) is 0.0385. The molecule has 140 valence electrons. The molecule has 0 bridgehead atoms. The van der Waals surface area contributed by atoms with Crippen molar-refractivity contribution in [2.45, 2.75) is 0 Å². The summed E-state index contributed by atoms with van der Waals surface area (Å²) in [6.45, 7) is 0. The molecule has 29 heavy (non-hydrogen) atoms. The van der Waals surface area contributed by atoms with E-state index in [2.05, 4.69) is 35.6 Å². The van der Waals surface area contributed by atoms with Gasteiger partial charge < -0.3 is 10.1 Å². The van der Waals surface area contributed by atoms with E-state index in [1.54, 1.807) is 7.05 Å². The van der Waals surface area contributed by atoms with E-state index in [0.717, 1.165) is 43.8 Å². The molecule has 0 saturated carbocycles. The average Bonchev–Trinajstić information content (AvgIpc) is 2.77. The normalized spacial score (nSPS) is 11.1. The van der Waals surface area contributed by atoms with Gasteiger partial charge in [-0.1, -0.05) is 54.6 Å². The molecule has 5 aromatic rings. The summed E-state index contributed by atoms with van der Waals surface area (Å²) in [5.41, 5.74) is 0.672. The van der Waals surface area contributed by atoms with Gasteiger partial charge in [-0.3, -0.25) is 4.79 Å². The van der Waals surface area contributed by atoms with Gasteiger partial charge >= 0.3 is 0 Å². The molecule has 1 N–H and O–H groups in total. The maximum atomic E-state index is 12.3. The van der Waals surface area contributed by atoms with Crippen LogP contribution >= 0.6 is 0 Å². The van der Waals surface area contributed by atoms with E-state index in [1.807, 2.05) is 60.7 Å². The molecule has 0 atom stereocenters. The van der Waals surface area contributed by atoms with Gasteiger partial charge in [0.1, 0.15) is 11.5 Å². The second-order valence-corrected chi connectivity index (χ2v) is 7.02. The minimum Gasteiger partial charge on any atom is -0.456 e. The molecule has 1 amide bonds. The van der Waals surface area contributed by atoms with E-state index in [0.29, 0.717) is 5.56 Å². The lowest BCUT2D eigenvalue weighted by Gasteiger charge is -2.15. The summed E-state index contributed by atoms with van der Waals surface area (Å²) in [6, 6.07) is 30.2. The number of fused-ring (bicyclic) bond motifs is 3. The van der Waals surface area contributed by atoms with Crippen molar-refractivity contribution in [1.82, 2.24) is 5.32 Å². The average molecular weight is 377 g/mol. The van der Waals surface area contributed by atoms with Crippen LogP contribution in [0.4, 0.5) is 0 Å². The highest BCUT2D eigenvalue weighted by Crippen LogP contribution is 2.39. The molecule has 0 saturated heterocycles. The van der Waals surface area contributed by atoms with Crippen molar-refractivity contribution in [1.29, 1.82) is 0 Å². The Morgan fingerprint density at radius 1 is 0.690 bits per heavy atom. The monoisotopic (exact) mass is 377 g/mol. The number of ether oxygens (including phenoxy) is 1. The molecular formula is C26H19NO2. The van der Waals surface area contributed by atoms with Crippen molar-refractivity contribution in [2.75, 3.05) is 7.05 Å². The van der Waals surface area contributed by atoms with Crippen LogP contribution in [0, 0.1) is 0 Å². The van der Waals surface area contributed by atoms with E-state index in [1.165, 1.54) is 0 Å². The first-order valence-corrected chi connectivity index (χ1v) is 9.58. The van der Waals surface area contributed by atoms with Gasteiger partial charge in [0, 0.05) is 23.4 Å². The van der Waals surface area contributed by atoms with Crippen LogP contribution in [-0.4, -0.2) is 13.0 Å². The van der Waals surface area contributed by atoms with Crippen LogP contribution in [0.2, 0.25) is 0 Å². The Morgan fingerprint density at radius 2 is 1.38 bits per heavy atom. The van der Waals surface area contributed by atoms with Crippen LogP contribution in [0.5, 0.6) is 11.5 Å². The highest BCUT2D eigenvalue weighted by molar-refractivity contribution is 6.14. The quantitative estimate of drug-likeness (QED) is 0.375. The lowest BCUT2D eigenvalue weighted by atomic mass is 9.96. The summed E-state index contributed by atoms with van der Waals surface area (Å²) in [5.74, 6) is 1.54. The molecule has 3 heteroatoms. The Morgan fingerprint density at radius 3 is 2.21 bits per heavy atom. The Balaban J connectivity index is 1.85. The molecule has 0 spiro atoms. The number of hydrogen-bond acceptors (Lipinski definition) is 2. The van der Waals surface area contributed by atoms with Gasteiger partial charge in [-0.15, -0.1) is 0 Å². The van der Waals surface area contributed by atoms with Crippen molar-refractivity contribution in [2.24, 2.45) is 0 Å². The molecule has 0 aliphatic heterocycles. The molecule has 0 radical (unpaired) electrons. The van der Waals surface area contributed by atoms with Crippen molar-refractivity contribution in [3.05, 3.63) is 96.6 Å². The smallest absolute Gasteiger partial charge is 0.251 e. The number of rotatable bonds is 3. The minimum absolute atomic E-state index is 0.0866. The van der Waals surface area contributed by atoms with E-state index in [-0.39, 0.29) is 5.91 Å². The zero-order valence-electron chi connectivity index (χ0n) is 16.0. The standard InChI is InChI=1S/C26H19NO2/c1-27-26(28)22-13-7-9-18-15-24-19(16-23(18)22)14-17-8-5-6-12-21(17)25(24)29-20-10-3-2-4-11-20/h2-16H,1H3,(H,27,28). The zero-order valence-corrected chi connectivity index (χ0v) is 16.0. The number of hydrogen-bond donors (Lipinski definition) is 1. The third-order valence-corrected chi connectivity index (χ3v) is 5.25. The van der Waals surface area contributed by atoms with Crippen molar-refractivity contribution >= 4 is 38.2 Å². The highest BCUT2D eigenvalue weighted by atomic mass is 16.5. The van der Waals surface area contributed by atoms with Crippen LogP contribution in [0.1, 0.15) is 10.4 Å². The Hall–Kier alpha value is -3.85. The lowest BCUT2D eigenvalue weighted by Crippen LogP contribution is -2.17. The second kappa shape index (κ2) is 6.95. The van der Waals surface area contributed by atoms with Crippen molar-refractivity contribution in [3.63, 3.8) is 0 Å². The SMILES string of the molecule is CNC(=O)c1cccc2cc3c(Oc4ccccc4)c4ccccc4cc3cc12. The van der Waals surface area contributed by atoms with Crippen LogP contribution in [0.15, 0.2) is 91.0 Å². The van der Waals surface area contributed by atoms with Crippen LogP contribution in [0.3, 0.4) is 0 Å². The molecule has 0 aromatic heterocycles. The molecule has 0 aliphatic rings. The van der Waals surface area contributed by atoms with Gasteiger partial charge in [-0.2, -0.15) is 0 Å². The second-order valence-electron chi connectivity index (χ2n) is 7.02. The molecule has 0 unspecified atom stereocenters. The Labute approximate surface area is 168 Å². The Kier molecular flexibility index (Phi) is 4.14. The topological polar surface area (TPSA) is 38.3 Å². The summed E-state index contributed by atoms with van der Waals surface area (Å²) >= 11 is 0. The minimum atomic E-state index is -0.0866. The van der Waals surface area contributed by atoms with Gasteiger partial charge in [0.25, 0.3) is 5.91 Å². The van der Waals surface area contributed by atoms with E-state index < -0.39 is 0 Å². The largest absolute Gasteiger partial charge is 0.456 e. The Bertz CT molecular complexity index is 1370. The first kappa shape index (κ1) is 17.3. The molecule has 5 rings (SSSR count). The summed E-state index contributed by atoms with van der Waals surface area (Å²) in [6.07, 6.45) is 0. The fourth-order valence-electron chi connectivity index (χ4n) is 3.85. The zero-order chi connectivity index (χ0) is 19.8. The van der Waals surface area contributed by atoms with Gasteiger partial charge in [0.2, 0.25) is 0 Å². The van der Waals surface area contributed by atoms with Crippen molar-refractivity contribution < 1.29 is 9.53 Å². The van der Waals surface area contributed by atoms with Gasteiger partial charge in [0.05, 0.1) is 0 Å². The highest BCUT2D eigenvalue weighted by Gasteiger charge is 2.14. The lowest BCUT2D eigenvalue weighted by molar-refractivity contribution is 0.0964.